The summed E-state index contributed by atoms with van der Waals surface area (Å²) in [5.41, 5.74) is 9.57. The maximum atomic E-state index is 13.1. The normalized spacial score (nSPS) is 17.6. The van der Waals surface area contributed by atoms with Crippen molar-refractivity contribution in [3.8, 4) is 16.9 Å². The van der Waals surface area contributed by atoms with Crippen molar-refractivity contribution < 1.29 is 9.53 Å². The van der Waals surface area contributed by atoms with Crippen molar-refractivity contribution in [3.63, 3.8) is 0 Å². The van der Waals surface area contributed by atoms with Crippen LogP contribution in [0.1, 0.15) is 30.9 Å². The molecule has 2 aliphatic heterocycles. The zero-order valence-corrected chi connectivity index (χ0v) is 16.5. The van der Waals surface area contributed by atoms with Crippen molar-refractivity contribution in [1.82, 2.24) is 19.8 Å². The monoisotopic (exact) mass is 381 g/mol. The predicted molar refractivity (Wildman–Crippen MR) is 108 cm³/mol. The number of nitrogens with two attached hydrogens (primary N) is 1. The number of likely N-dealkylation sites (tertiary alicyclic amines) is 1. The summed E-state index contributed by atoms with van der Waals surface area (Å²) in [6, 6.07) is 4.25. The van der Waals surface area contributed by atoms with Gasteiger partial charge in [-0.05, 0) is 48.9 Å². The van der Waals surface area contributed by atoms with Gasteiger partial charge in [0.05, 0.1) is 13.1 Å². The summed E-state index contributed by atoms with van der Waals surface area (Å²) in [6.07, 6.45) is 5.60. The molecule has 2 amide bonds. The molecule has 0 bridgehead atoms. The van der Waals surface area contributed by atoms with Crippen LogP contribution in [0.25, 0.3) is 11.1 Å². The topological polar surface area (TPSA) is 84.6 Å². The van der Waals surface area contributed by atoms with Crippen LogP contribution in [0.5, 0.6) is 5.75 Å². The van der Waals surface area contributed by atoms with E-state index in [0.29, 0.717) is 25.6 Å². The predicted octanol–water partition coefficient (Wildman–Crippen LogP) is 3.08. The summed E-state index contributed by atoms with van der Waals surface area (Å²) in [7, 11) is 0. The molecule has 1 aromatic heterocycles. The van der Waals surface area contributed by atoms with Crippen molar-refractivity contribution in [2.75, 3.05) is 32.0 Å². The summed E-state index contributed by atoms with van der Waals surface area (Å²) in [5, 5.41) is 0. The van der Waals surface area contributed by atoms with Gasteiger partial charge in [-0.1, -0.05) is 6.92 Å². The Kier molecular flexibility index (Phi) is 5.07. The summed E-state index contributed by atoms with van der Waals surface area (Å²) in [6.45, 7) is 7.61. The minimum atomic E-state index is 0.113. The molecule has 1 saturated heterocycles. The molecular formula is C21H27N5O2. The molecule has 0 aliphatic carbocycles. The fourth-order valence-corrected chi connectivity index (χ4v) is 3.93. The number of anilines is 1. The summed E-state index contributed by atoms with van der Waals surface area (Å²) in [5.74, 6) is 1.83. The van der Waals surface area contributed by atoms with Crippen LogP contribution in [0.15, 0.2) is 24.5 Å². The second kappa shape index (κ2) is 7.66. The first kappa shape index (κ1) is 18.5. The highest BCUT2D eigenvalue weighted by Crippen LogP contribution is 2.33. The molecule has 7 nitrogen and oxygen atoms in total. The Balaban J connectivity index is 1.59. The lowest BCUT2D eigenvalue weighted by Crippen LogP contribution is -2.46. The van der Waals surface area contributed by atoms with Gasteiger partial charge in [-0.3, -0.25) is 0 Å². The molecule has 7 heteroatoms. The van der Waals surface area contributed by atoms with E-state index in [9.17, 15) is 4.79 Å². The van der Waals surface area contributed by atoms with Gasteiger partial charge in [0.15, 0.2) is 0 Å². The first-order valence-corrected chi connectivity index (χ1v) is 9.89. The summed E-state index contributed by atoms with van der Waals surface area (Å²) < 4.78 is 6.01. The van der Waals surface area contributed by atoms with Crippen LogP contribution >= 0.6 is 0 Å². The molecule has 2 N–H and O–H groups in total. The molecule has 0 radical (unpaired) electrons. The number of aryl methyl sites for hydroxylation is 1. The van der Waals surface area contributed by atoms with Gasteiger partial charge >= 0.3 is 6.03 Å². The number of carbonyl (C=O) groups excluding carboxylic acids is 1. The van der Waals surface area contributed by atoms with Gasteiger partial charge in [0.2, 0.25) is 5.95 Å². The van der Waals surface area contributed by atoms with Gasteiger partial charge in [-0.2, -0.15) is 0 Å². The van der Waals surface area contributed by atoms with E-state index in [1.807, 2.05) is 16.7 Å². The number of rotatable bonds is 1. The van der Waals surface area contributed by atoms with Crippen LogP contribution in [-0.4, -0.2) is 52.0 Å². The van der Waals surface area contributed by atoms with Gasteiger partial charge in [0.25, 0.3) is 0 Å². The molecule has 4 rings (SSSR count). The van der Waals surface area contributed by atoms with Crippen molar-refractivity contribution in [1.29, 1.82) is 0 Å². The lowest BCUT2D eigenvalue weighted by Gasteiger charge is -2.34. The minimum absolute atomic E-state index is 0.113. The Morgan fingerprint density at radius 1 is 1.11 bits per heavy atom. The smallest absolute Gasteiger partial charge is 0.320 e. The lowest BCUT2D eigenvalue weighted by atomic mass is 9.99. The third kappa shape index (κ3) is 3.74. The average Bonchev–Trinajstić information content (AvgIpc) is 2.91. The van der Waals surface area contributed by atoms with Crippen LogP contribution in [0.3, 0.4) is 0 Å². The number of piperidine rings is 1. The zero-order chi connectivity index (χ0) is 19.7. The molecule has 1 aromatic carbocycles. The molecule has 28 heavy (non-hydrogen) atoms. The van der Waals surface area contributed by atoms with E-state index < -0.39 is 0 Å². The fraction of sp³-hybridized carbons (Fsp3) is 0.476. The van der Waals surface area contributed by atoms with Crippen molar-refractivity contribution in [3.05, 3.63) is 35.7 Å². The third-order valence-electron chi connectivity index (χ3n) is 5.65. The van der Waals surface area contributed by atoms with E-state index in [1.165, 1.54) is 0 Å². The third-order valence-corrected chi connectivity index (χ3v) is 5.65. The molecular weight excluding hydrogens is 354 g/mol. The quantitative estimate of drug-likeness (QED) is 0.821. The van der Waals surface area contributed by atoms with Crippen molar-refractivity contribution >= 4 is 12.0 Å². The van der Waals surface area contributed by atoms with E-state index in [0.717, 1.165) is 53.9 Å². The fourth-order valence-electron chi connectivity index (χ4n) is 3.93. The number of urea groups is 1. The summed E-state index contributed by atoms with van der Waals surface area (Å²) >= 11 is 0. The van der Waals surface area contributed by atoms with Gasteiger partial charge in [-0.15, -0.1) is 0 Å². The minimum Gasteiger partial charge on any atom is -0.491 e. The molecule has 0 atom stereocenters. The largest absolute Gasteiger partial charge is 0.491 e. The number of amides is 2. The van der Waals surface area contributed by atoms with Gasteiger partial charge in [-0.25, -0.2) is 14.8 Å². The Labute approximate surface area is 165 Å². The molecule has 148 valence electrons. The number of fused-ring (bicyclic) bond motifs is 1. The Bertz CT molecular complexity index is 860. The molecule has 2 aliphatic rings. The van der Waals surface area contributed by atoms with Crippen molar-refractivity contribution in [2.24, 2.45) is 5.92 Å². The first-order chi connectivity index (χ1) is 13.5. The number of nitrogens with zero attached hydrogens (tertiary/aromatic N) is 4. The lowest BCUT2D eigenvalue weighted by molar-refractivity contribution is 0.129. The number of hydrogen-bond acceptors (Lipinski definition) is 5. The molecule has 1 fully saturated rings. The van der Waals surface area contributed by atoms with E-state index in [4.69, 9.17) is 10.5 Å². The Hall–Kier alpha value is -2.83. The molecule has 3 heterocycles. The second-order valence-electron chi connectivity index (χ2n) is 7.83. The SMILES string of the molecule is Cc1cc(-c2cnc(N)nc2)cc2c1OCCN(C(=O)N1CCC(C)CC1)C2. The molecule has 0 unspecified atom stereocenters. The highest BCUT2D eigenvalue weighted by atomic mass is 16.5. The van der Waals surface area contributed by atoms with E-state index in [2.05, 4.69) is 29.0 Å². The van der Waals surface area contributed by atoms with E-state index >= 15 is 0 Å². The maximum Gasteiger partial charge on any atom is 0.320 e. The van der Waals surface area contributed by atoms with Crippen LogP contribution in [0.2, 0.25) is 0 Å². The number of aromatic nitrogens is 2. The van der Waals surface area contributed by atoms with Gasteiger partial charge < -0.3 is 20.3 Å². The van der Waals surface area contributed by atoms with E-state index in [1.54, 1.807) is 12.4 Å². The number of ether oxygens (including phenoxy) is 1. The van der Waals surface area contributed by atoms with Gasteiger partial charge in [0.1, 0.15) is 12.4 Å². The molecule has 0 spiro atoms. The van der Waals surface area contributed by atoms with Crippen LogP contribution < -0.4 is 10.5 Å². The number of hydrogen-bond donors (Lipinski definition) is 1. The van der Waals surface area contributed by atoms with Crippen molar-refractivity contribution in [2.45, 2.75) is 33.2 Å². The Morgan fingerprint density at radius 2 is 1.82 bits per heavy atom. The first-order valence-electron chi connectivity index (χ1n) is 9.89. The maximum absolute atomic E-state index is 13.1. The van der Waals surface area contributed by atoms with Gasteiger partial charge in [0, 0.05) is 36.6 Å². The number of benzene rings is 1. The van der Waals surface area contributed by atoms with E-state index in [-0.39, 0.29) is 12.0 Å². The molecule has 2 aromatic rings. The molecule has 0 saturated carbocycles. The standard InChI is InChI=1S/C21H27N5O2/c1-14-3-5-25(6-4-14)21(27)26-7-8-28-19-15(2)9-16(10-17(19)13-26)18-11-23-20(22)24-12-18/h9-12,14H,3-8,13H2,1-2H3,(H2,22,23,24). The number of nitrogen functional groups attached to an aromatic ring is 1. The number of carbonyl (C=O) groups is 1. The zero-order valence-electron chi connectivity index (χ0n) is 16.5. The van der Waals surface area contributed by atoms with Crippen LogP contribution in [0, 0.1) is 12.8 Å². The second-order valence-corrected chi connectivity index (χ2v) is 7.83. The Morgan fingerprint density at radius 3 is 2.54 bits per heavy atom. The van der Waals surface area contributed by atoms with Crippen LogP contribution in [-0.2, 0) is 6.54 Å². The highest BCUT2D eigenvalue weighted by molar-refractivity contribution is 5.75. The summed E-state index contributed by atoms with van der Waals surface area (Å²) in [4.78, 5) is 25.1. The highest BCUT2D eigenvalue weighted by Gasteiger charge is 2.27. The van der Waals surface area contributed by atoms with Crippen LogP contribution in [0.4, 0.5) is 10.7 Å². The average molecular weight is 381 g/mol.